The largest absolute Gasteiger partial charge is 0.465 e. The predicted octanol–water partition coefficient (Wildman–Crippen LogP) is 3.59. The molecule has 0 atom stereocenters. The summed E-state index contributed by atoms with van der Waals surface area (Å²) in [5, 5.41) is 3.56. The van der Waals surface area contributed by atoms with Crippen LogP contribution in [0.15, 0.2) is 40.8 Å². The van der Waals surface area contributed by atoms with Crippen molar-refractivity contribution < 1.29 is 9.21 Å². The molecule has 1 aliphatic rings. The van der Waals surface area contributed by atoms with Crippen molar-refractivity contribution in [2.45, 2.75) is 13.5 Å². The van der Waals surface area contributed by atoms with Gasteiger partial charge in [0.1, 0.15) is 11.5 Å². The minimum atomic E-state index is -0.0687. The van der Waals surface area contributed by atoms with E-state index >= 15 is 0 Å². The van der Waals surface area contributed by atoms with E-state index < -0.39 is 0 Å². The fraction of sp³-hybridized carbons (Fsp3) is 0.353. The van der Waals surface area contributed by atoms with E-state index in [0.29, 0.717) is 18.1 Å². The summed E-state index contributed by atoms with van der Waals surface area (Å²) in [6.07, 6.45) is 0. The van der Waals surface area contributed by atoms with Gasteiger partial charge in [-0.05, 0) is 43.3 Å². The number of nitrogens with zero attached hydrogens (tertiary/aromatic N) is 2. The molecule has 5 nitrogen and oxygen atoms in total. The zero-order valence-electron chi connectivity index (χ0n) is 13.1. The number of rotatable bonds is 3. The van der Waals surface area contributed by atoms with Gasteiger partial charge in [-0.3, -0.25) is 4.90 Å². The molecule has 0 spiro atoms. The summed E-state index contributed by atoms with van der Waals surface area (Å²) in [7, 11) is 0. The minimum absolute atomic E-state index is 0.0687. The highest BCUT2D eigenvalue weighted by molar-refractivity contribution is 6.30. The molecule has 1 aromatic heterocycles. The van der Waals surface area contributed by atoms with Crippen LogP contribution in [0, 0.1) is 6.92 Å². The lowest BCUT2D eigenvalue weighted by Crippen LogP contribution is -2.49. The molecule has 2 amide bonds. The van der Waals surface area contributed by atoms with E-state index in [1.807, 2.05) is 24.0 Å². The number of urea groups is 1. The lowest BCUT2D eigenvalue weighted by Gasteiger charge is -2.34. The Kier molecular flexibility index (Phi) is 4.88. The molecule has 0 unspecified atom stereocenters. The van der Waals surface area contributed by atoms with Crippen molar-refractivity contribution in [3.8, 4) is 0 Å². The van der Waals surface area contributed by atoms with Crippen LogP contribution in [0.25, 0.3) is 0 Å². The smallest absolute Gasteiger partial charge is 0.321 e. The monoisotopic (exact) mass is 333 g/mol. The molecular formula is C17H20ClN3O2. The molecule has 2 aromatic rings. The van der Waals surface area contributed by atoms with E-state index in [0.717, 1.165) is 36.8 Å². The number of carbonyl (C=O) groups excluding carboxylic acids is 1. The Hall–Kier alpha value is -1.98. The highest BCUT2D eigenvalue weighted by atomic mass is 35.5. The van der Waals surface area contributed by atoms with E-state index in [-0.39, 0.29) is 6.03 Å². The maximum absolute atomic E-state index is 12.3. The maximum atomic E-state index is 12.3. The van der Waals surface area contributed by atoms with Gasteiger partial charge in [0, 0.05) is 36.9 Å². The van der Waals surface area contributed by atoms with Crippen LogP contribution in [-0.4, -0.2) is 42.0 Å². The van der Waals surface area contributed by atoms with Crippen LogP contribution in [-0.2, 0) is 6.54 Å². The summed E-state index contributed by atoms with van der Waals surface area (Å²) >= 11 is 5.84. The predicted molar refractivity (Wildman–Crippen MR) is 90.8 cm³/mol. The van der Waals surface area contributed by atoms with Gasteiger partial charge in [-0.1, -0.05) is 11.6 Å². The third kappa shape index (κ3) is 4.27. The number of nitrogens with one attached hydrogen (secondary N) is 1. The second-order valence-electron chi connectivity index (χ2n) is 5.71. The van der Waals surface area contributed by atoms with Crippen molar-refractivity contribution in [1.82, 2.24) is 9.80 Å². The van der Waals surface area contributed by atoms with Crippen molar-refractivity contribution >= 4 is 23.3 Å². The molecule has 2 heterocycles. The molecule has 0 saturated carbocycles. The van der Waals surface area contributed by atoms with E-state index in [1.54, 1.807) is 24.3 Å². The van der Waals surface area contributed by atoms with Gasteiger partial charge in [0.25, 0.3) is 0 Å². The number of anilines is 1. The summed E-state index contributed by atoms with van der Waals surface area (Å²) in [4.78, 5) is 16.4. The Labute approximate surface area is 140 Å². The van der Waals surface area contributed by atoms with Crippen molar-refractivity contribution in [1.29, 1.82) is 0 Å². The van der Waals surface area contributed by atoms with E-state index in [1.165, 1.54) is 0 Å². The minimum Gasteiger partial charge on any atom is -0.465 e. The van der Waals surface area contributed by atoms with Gasteiger partial charge >= 0.3 is 6.03 Å². The number of aryl methyl sites for hydroxylation is 1. The first kappa shape index (κ1) is 15.9. The van der Waals surface area contributed by atoms with Crippen LogP contribution in [0.1, 0.15) is 11.5 Å². The molecule has 1 aliphatic heterocycles. The Morgan fingerprint density at radius 1 is 1.13 bits per heavy atom. The lowest BCUT2D eigenvalue weighted by atomic mass is 10.3. The highest BCUT2D eigenvalue weighted by Gasteiger charge is 2.21. The molecule has 0 bridgehead atoms. The second kappa shape index (κ2) is 7.06. The van der Waals surface area contributed by atoms with Gasteiger partial charge in [-0.25, -0.2) is 4.79 Å². The van der Waals surface area contributed by atoms with Crippen LogP contribution in [0.5, 0.6) is 0 Å². The summed E-state index contributed by atoms with van der Waals surface area (Å²) < 4.78 is 5.60. The normalized spacial score (nSPS) is 15.7. The van der Waals surface area contributed by atoms with Crippen LogP contribution >= 0.6 is 11.6 Å². The first-order chi connectivity index (χ1) is 11.1. The molecule has 1 aromatic carbocycles. The highest BCUT2D eigenvalue weighted by Crippen LogP contribution is 2.15. The van der Waals surface area contributed by atoms with Crippen molar-refractivity contribution in [3.63, 3.8) is 0 Å². The SMILES string of the molecule is Cc1ccc(CN2CCN(C(=O)Nc3ccc(Cl)cc3)CC2)o1. The van der Waals surface area contributed by atoms with E-state index in [2.05, 4.69) is 10.2 Å². The van der Waals surface area contributed by atoms with E-state index in [9.17, 15) is 4.79 Å². The summed E-state index contributed by atoms with van der Waals surface area (Å²) in [5.74, 6) is 1.91. The standard InChI is InChI=1S/C17H20ClN3O2/c1-13-2-7-16(23-13)12-20-8-10-21(11-9-20)17(22)19-15-5-3-14(18)4-6-15/h2-7H,8-12H2,1H3,(H,19,22). The average molecular weight is 334 g/mol. The van der Waals surface area contributed by atoms with Gasteiger partial charge in [0.2, 0.25) is 0 Å². The topological polar surface area (TPSA) is 48.7 Å². The van der Waals surface area contributed by atoms with Crippen molar-refractivity contribution in [2.75, 3.05) is 31.5 Å². The third-order valence-electron chi connectivity index (χ3n) is 3.93. The Morgan fingerprint density at radius 3 is 2.43 bits per heavy atom. The Bertz CT molecular complexity index is 661. The molecule has 122 valence electrons. The second-order valence-corrected chi connectivity index (χ2v) is 6.15. The fourth-order valence-corrected chi connectivity index (χ4v) is 2.76. The zero-order valence-corrected chi connectivity index (χ0v) is 13.8. The van der Waals surface area contributed by atoms with Gasteiger partial charge in [-0.15, -0.1) is 0 Å². The quantitative estimate of drug-likeness (QED) is 0.933. The number of hydrogen-bond donors (Lipinski definition) is 1. The molecule has 0 radical (unpaired) electrons. The number of amides is 2. The third-order valence-corrected chi connectivity index (χ3v) is 4.18. The van der Waals surface area contributed by atoms with Crippen LogP contribution in [0.2, 0.25) is 5.02 Å². The molecular weight excluding hydrogens is 314 g/mol. The van der Waals surface area contributed by atoms with Gasteiger partial charge in [0.05, 0.1) is 6.54 Å². The van der Waals surface area contributed by atoms with Crippen LogP contribution in [0.4, 0.5) is 10.5 Å². The van der Waals surface area contributed by atoms with Gasteiger partial charge in [0.15, 0.2) is 0 Å². The number of benzene rings is 1. The molecule has 6 heteroatoms. The molecule has 3 rings (SSSR count). The average Bonchev–Trinajstić information content (AvgIpc) is 2.95. The van der Waals surface area contributed by atoms with Crippen LogP contribution < -0.4 is 5.32 Å². The first-order valence-corrected chi connectivity index (χ1v) is 8.07. The number of piperazine rings is 1. The first-order valence-electron chi connectivity index (χ1n) is 7.69. The molecule has 1 N–H and O–H groups in total. The summed E-state index contributed by atoms with van der Waals surface area (Å²) in [5.41, 5.74) is 0.757. The number of furan rings is 1. The Balaban J connectivity index is 1.48. The van der Waals surface area contributed by atoms with E-state index in [4.69, 9.17) is 16.0 Å². The number of halogens is 1. The zero-order chi connectivity index (χ0) is 16.2. The Morgan fingerprint density at radius 2 is 1.83 bits per heavy atom. The number of carbonyl (C=O) groups is 1. The summed E-state index contributed by atoms with van der Waals surface area (Å²) in [6, 6.07) is 11.0. The van der Waals surface area contributed by atoms with Gasteiger partial charge < -0.3 is 14.6 Å². The molecule has 1 saturated heterocycles. The molecule has 0 aliphatic carbocycles. The van der Waals surface area contributed by atoms with Crippen LogP contribution in [0.3, 0.4) is 0 Å². The lowest BCUT2D eigenvalue weighted by molar-refractivity contribution is 0.137. The van der Waals surface area contributed by atoms with Crippen molar-refractivity contribution in [3.05, 3.63) is 52.9 Å². The summed E-state index contributed by atoms with van der Waals surface area (Å²) in [6.45, 7) is 5.84. The molecule has 1 fully saturated rings. The van der Waals surface area contributed by atoms with Gasteiger partial charge in [-0.2, -0.15) is 0 Å². The van der Waals surface area contributed by atoms with Crippen molar-refractivity contribution in [2.24, 2.45) is 0 Å². The fourth-order valence-electron chi connectivity index (χ4n) is 2.64. The maximum Gasteiger partial charge on any atom is 0.321 e. The molecule has 23 heavy (non-hydrogen) atoms. The number of hydrogen-bond acceptors (Lipinski definition) is 3.